The smallest absolute Gasteiger partial charge is 0.251 e. The summed E-state index contributed by atoms with van der Waals surface area (Å²) in [7, 11) is -3.37. The summed E-state index contributed by atoms with van der Waals surface area (Å²) in [6.07, 6.45) is 0.788. The first-order chi connectivity index (χ1) is 13.8. The molecule has 1 N–H and O–H groups in total. The number of likely N-dealkylation sites (tertiary alicyclic amines) is 1. The second-order valence-electron chi connectivity index (χ2n) is 9.22. The SMILES string of the molecule is C[C@@H]1CN(C(=O)C(NC(=O)c2ccc(S(C)(=O)=O)cc2)C(C)(C)C)[C@@H]2C(=O)CO[C@H]12. The molecule has 0 aliphatic carbocycles. The molecule has 2 fully saturated rings. The third-order valence-electron chi connectivity index (χ3n) is 5.66. The number of nitrogens with zero attached hydrogens (tertiary/aromatic N) is 1. The molecule has 0 aromatic heterocycles. The van der Waals surface area contributed by atoms with Crippen LogP contribution in [0.4, 0.5) is 0 Å². The van der Waals surface area contributed by atoms with Crippen molar-refractivity contribution in [1.29, 1.82) is 0 Å². The lowest BCUT2D eigenvalue weighted by Gasteiger charge is -2.35. The van der Waals surface area contributed by atoms with E-state index in [1.54, 1.807) is 0 Å². The molecule has 9 heteroatoms. The molecule has 1 aromatic carbocycles. The molecule has 2 saturated heterocycles. The van der Waals surface area contributed by atoms with Gasteiger partial charge in [0.15, 0.2) is 15.6 Å². The minimum Gasteiger partial charge on any atom is -0.367 e. The molecule has 0 radical (unpaired) electrons. The van der Waals surface area contributed by atoms with E-state index < -0.39 is 33.2 Å². The van der Waals surface area contributed by atoms with Crippen LogP contribution in [-0.2, 0) is 24.2 Å². The summed E-state index contributed by atoms with van der Waals surface area (Å²) < 4.78 is 28.8. The Morgan fingerprint density at radius 3 is 2.33 bits per heavy atom. The average Bonchev–Trinajstić information content (AvgIpc) is 3.18. The lowest BCUT2D eigenvalue weighted by molar-refractivity contribution is -0.140. The molecule has 1 unspecified atom stereocenters. The van der Waals surface area contributed by atoms with E-state index in [0.29, 0.717) is 6.54 Å². The number of fused-ring (bicyclic) bond motifs is 1. The lowest BCUT2D eigenvalue weighted by Crippen LogP contribution is -2.57. The maximum absolute atomic E-state index is 13.4. The summed E-state index contributed by atoms with van der Waals surface area (Å²) in [6, 6.07) is 4.08. The maximum Gasteiger partial charge on any atom is 0.251 e. The molecule has 2 aliphatic rings. The van der Waals surface area contributed by atoms with Crippen molar-refractivity contribution in [2.24, 2.45) is 11.3 Å². The minimum atomic E-state index is -3.37. The maximum atomic E-state index is 13.4. The van der Waals surface area contributed by atoms with E-state index >= 15 is 0 Å². The van der Waals surface area contributed by atoms with Crippen molar-refractivity contribution < 1.29 is 27.5 Å². The molecule has 8 nitrogen and oxygen atoms in total. The number of hydrogen-bond donors (Lipinski definition) is 1. The Morgan fingerprint density at radius 1 is 1.20 bits per heavy atom. The standard InChI is InChI=1S/C21H28N2O6S/c1-12-10-23(16-15(24)11-29-17(12)16)20(26)18(21(2,3)4)22-19(25)13-6-8-14(9-7-13)30(5,27)28/h6-9,12,16-18H,10-11H2,1-5H3,(H,22,25)/t12-,16-,17-,18?/m1/s1. The van der Waals surface area contributed by atoms with Gasteiger partial charge >= 0.3 is 0 Å². The summed E-state index contributed by atoms with van der Waals surface area (Å²) in [5.41, 5.74) is -0.360. The normalized spacial score (nSPS) is 25.2. The molecule has 1 aromatic rings. The Bertz CT molecular complexity index is 964. The molecule has 2 heterocycles. The van der Waals surface area contributed by atoms with Crippen LogP contribution in [0.25, 0.3) is 0 Å². The Morgan fingerprint density at radius 2 is 1.80 bits per heavy atom. The van der Waals surface area contributed by atoms with E-state index in [1.807, 2.05) is 27.7 Å². The fourth-order valence-corrected chi connectivity index (χ4v) is 4.63. The van der Waals surface area contributed by atoms with Gasteiger partial charge in [-0.3, -0.25) is 14.4 Å². The third kappa shape index (κ3) is 4.27. The van der Waals surface area contributed by atoms with Crippen molar-refractivity contribution in [2.45, 2.75) is 50.8 Å². The Balaban J connectivity index is 1.82. The van der Waals surface area contributed by atoms with Crippen molar-refractivity contribution in [3.8, 4) is 0 Å². The van der Waals surface area contributed by atoms with E-state index in [0.717, 1.165) is 6.26 Å². The van der Waals surface area contributed by atoms with Crippen molar-refractivity contribution in [2.75, 3.05) is 19.4 Å². The van der Waals surface area contributed by atoms with Crippen LogP contribution in [0, 0.1) is 11.3 Å². The number of rotatable bonds is 4. The number of sulfone groups is 1. The number of ketones is 1. The fraction of sp³-hybridized carbons (Fsp3) is 0.571. The van der Waals surface area contributed by atoms with Crippen LogP contribution in [0.15, 0.2) is 29.2 Å². The Kier molecular flexibility index (Phi) is 5.81. The highest BCUT2D eigenvalue weighted by atomic mass is 32.2. The van der Waals surface area contributed by atoms with Crippen LogP contribution >= 0.6 is 0 Å². The van der Waals surface area contributed by atoms with Crippen molar-refractivity contribution in [3.05, 3.63) is 29.8 Å². The highest BCUT2D eigenvalue weighted by molar-refractivity contribution is 7.90. The molecule has 164 valence electrons. The van der Waals surface area contributed by atoms with E-state index in [9.17, 15) is 22.8 Å². The lowest BCUT2D eigenvalue weighted by atomic mass is 9.85. The van der Waals surface area contributed by atoms with Gasteiger partial charge in [-0.05, 0) is 29.7 Å². The zero-order valence-corrected chi connectivity index (χ0v) is 18.7. The number of carbonyl (C=O) groups excluding carboxylic acids is 3. The molecular formula is C21H28N2O6S. The van der Waals surface area contributed by atoms with Crippen LogP contribution in [0.2, 0.25) is 0 Å². The molecule has 4 atom stereocenters. The van der Waals surface area contributed by atoms with Crippen molar-refractivity contribution in [3.63, 3.8) is 0 Å². The van der Waals surface area contributed by atoms with Gasteiger partial charge in [0.25, 0.3) is 5.91 Å². The minimum absolute atomic E-state index is 0.00266. The highest BCUT2D eigenvalue weighted by Gasteiger charge is 2.52. The van der Waals surface area contributed by atoms with E-state index in [2.05, 4.69) is 5.32 Å². The van der Waals surface area contributed by atoms with Crippen LogP contribution in [-0.4, -0.2) is 68.5 Å². The molecule has 0 spiro atoms. The van der Waals surface area contributed by atoms with Gasteiger partial charge in [-0.1, -0.05) is 27.7 Å². The average molecular weight is 437 g/mol. The zero-order chi connectivity index (χ0) is 22.4. The first kappa shape index (κ1) is 22.4. The van der Waals surface area contributed by atoms with E-state index in [4.69, 9.17) is 4.74 Å². The predicted molar refractivity (Wildman–Crippen MR) is 110 cm³/mol. The quantitative estimate of drug-likeness (QED) is 0.756. The summed E-state index contributed by atoms with van der Waals surface area (Å²) in [5, 5.41) is 2.79. The first-order valence-corrected chi connectivity index (χ1v) is 11.8. The number of carbonyl (C=O) groups is 3. The molecule has 0 saturated carbocycles. The number of benzene rings is 1. The summed E-state index contributed by atoms with van der Waals surface area (Å²) in [4.78, 5) is 40.2. The monoisotopic (exact) mass is 436 g/mol. The van der Waals surface area contributed by atoms with Crippen LogP contribution in [0.1, 0.15) is 38.1 Å². The molecule has 2 amide bonds. The van der Waals surface area contributed by atoms with E-state index in [1.165, 1.54) is 29.2 Å². The Hall–Kier alpha value is -2.26. The first-order valence-electron chi connectivity index (χ1n) is 9.86. The molecule has 2 aliphatic heterocycles. The molecule has 0 bridgehead atoms. The largest absolute Gasteiger partial charge is 0.367 e. The summed E-state index contributed by atoms with van der Waals surface area (Å²) in [5.74, 6) is -0.888. The Labute approximate surface area is 176 Å². The summed E-state index contributed by atoms with van der Waals surface area (Å²) >= 11 is 0. The number of nitrogens with one attached hydrogen (secondary N) is 1. The second-order valence-corrected chi connectivity index (χ2v) is 11.2. The second kappa shape index (κ2) is 7.77. The van der Waals surface area contributed by atoms with Gasteiger partial charge in [0.05, 0.1) is 11.0 Å². The van der Waals surface area contributed by atoms with Gasteiger partial charge in [0.1, 0.15) is 18.7 Å². The van der Waals surface area contributed by atoms with Gasteiger partial charge in [-0.25, -0.2) is 8.42 Å². The van der Waals surface area contributed by atoms with Gasteiger partial charge in [0.2, 0.25) is 5.91 Å². The van der Waals surface area contributed by atoms with E-state index in [-0.39, 0.29) is 40.8 Å². The fourth-order valence-electron chi connectivity index (χ4n) is 4.00. The molecular weight excluding hydrogens is 408 g/mol. The van der Waals surface area contributed by atoms with Crippen LogP contribution < -0.4 is 5.32 Å². The number of ether oxygens (including phenoxy) is 1. The molecule has 30 heavy (non-hydrogen) atoms. The van der Waals surface area contributed by atoms with Crippen molar-refractivity contribution in [1.82, 2.24) is 10.2 Å². The molecule has 3 rings (SSSR count). The topological polar surface area (TPSA) is 110 Å². The third-order valence-corrected chi connectivity index (χ3v) is 6.79. The number of hydrogen-bond acceptors (Lipinski definition) is 6. The van der Waals surface area contributed by atoms with Gasteiger partial charge in [-0.2, -0.15) is 0 Å². The van der Waals surface area contributed by atoms with Crippen molar-refractivity contribution >= 4 is 27.4 Å². The number of amides is 2. The number of Topliss-reactive ketones (excluding diaryl/α,β-unsaturated/α-hetero) is 1. The van der Waals surface area contributed by atoms with Gasteiger partial charge < -0.3 is 15.0 Å². The van der Waals surface area contributed by atoms with Crippen LogP contribution in [0.5, 0.6) is 0 Å². The van der Waals surface area contributed by atoms with Crippen LogP contribution in [0.3, 0.4) is 0 Å². The summed E-state index contributed by atoms with van der Waals surface area (Å²) in [6.45, 7) is 7.86. The zero-order valence-electron chi connectivity index (χ0n) is 17.8. The van der Waals surface area contributed by atoms with Gasteiger partial charge in [-0.15, -0.1) is 0 Å². The highest BCUT2D eigenvalue weighted by Crippen LogP contribution is 2.33. The van der Waals surface area contributed by atoms with Gasteiger partial charge in [0, 0.05) is 24.3 Å². The predicted octanol–water partition coefficient (Wildman–Crippen LogP) is 1.05.